The molecule has 0 bridgehead atoms. The second-order valence-corrected chi connectivity index (χ2v) is 5.83. The van der Waals surface area contributed by atoms with E-state index in [2.05, 4.69) is 26.2 Å². The Morgan fingerprint density at radius 2 is 2.11 bits per heavy atom. The third-order valence-electron chi connectivity index (χ3n) is 2.51. The first-order valence-corrected chi connectivity index (χ1v) is 7.53. The average molecular weight is 340 g/mol. The number of hydrogen-bond acceptors (Lipinski definition) is 4. The molecule has 0 fully saturated rings. The first kappa shape index (κ1) is 14.2. The molecule has 0 radical (unpaired) electrons. The quantitative estimate of drug-likeness (QED) is 0.878. The van der Waals surface area contributed by atoms with Gasteiger partial charge in [-0.25, -0.2) is 4.98 Å². The predicted molar refractivity (Wildman–Crippen MR) is 80.2 cm³/mol. The number of benzene rings is 1. The van der Waals surface area contributed by atoms with Crippen LogP contribution in [-0.2, 0) is 13.0 Å². The lowest BCUT2D eigenvalue weighted by atomic mass is 10.2. The fourth-order valence-electron chi connectivity index (χ4n) is 1.53. The van der Waals surface area contributed by atoms with Crippen LogP contribution in [0.5, 0.6) is 0 Å². The number of nitrogens with one attached hydrogen (secondary N) is 1. The van der Waals surface area contributed by atoms with Crippen molar-refractivity contribution in [2.45, 2.75) is 13.0 Å². The minimum Gasteiger partial charge on any atom is -0.347 e. The molecular weight excluding hydrogens is 326 g/mol. The fraction of sp³-hybridized carbons (Fsp3) is 0.231. The lowest BCUT2D eigenvalue weighted by molar-refractivity contribution is 0.0946. The van der Waals surface area contributed by atoms with Crippen molar-refractivity contribution in [3.8, 4) is 0 Å². The molecule has 0 aliphatic rings. The van der Waals surface area contributed by atoms with Gasteiger partial charge < -0.3 is 11.1 Å². The molecule has 0 spiro atoms. The lowest BCUT2D eigenvalue weighted by Crippen LogP contribution is -2.23. The maximum atomic E-state index is 11.9. The highest BCUT2D eigenvalue weighted by Crippen LogP contribution is 2.12. The Hall–Kier alpha value is -1.24. The highest BCUT2D eigenvalue weighted by atomic mass is 79.9. The van der Waals surface area contributed by atoms with Crippen molar-refractivity contribution in [2.75, 3.05) is 6.54 Å². The molecule has 0 unspecified atom stereocenters. The molecule has 0 saturated heterocycles. The molecule has 4 nitrogen and oxygen atoms in total. The van der Waals surface area contributed by atoms with Gasteiger partial charge in [0.2, 0.25) is 0 Å². The Kier molecular flexibility index (Phi) is 5.07. The van der Waals surface area contributed by atoms with Crippen molar-refractivity contribution in [3.05, 3.63) is 50.4 Å². The van der Waals surface area contributed by atoms with Gasteiger partial charge in [0, 0.05) is 22.8 Å². The van der Waals surface area contributed by atoms with Crippen molar-refractivity contribution >= 4 is 33.2 Å². The molecule has 0 aliphatic heterocycles. The summed E-state index contributed by atoms with van der Waals surface area (Å²) in [7, 11) is 0. The number of hydrogen-bond donors (Lipinski definition) is 2. The molecule has 1 aromatic heterocycles. The summed E-state index contributed by atoms with van der Waals surface area (Å²) in [4.78, 5) is 16.1. The van der Waals surface area contributed by atoms with Crippen molar-refractivity contribution in [1.29, 1.82) is 0 Å². The van der Waals surface area contributed by atoms with Gasteiger partial charge in [0.1, 0.15) is 5.69 Å². The zero-order valence-corrected chi connectivity index (χ0v) is 12.6. The van der Waals surface area contributed by atoms with Crippen LogP contribution in [0.2, 0.25) is 0 Å². The van der Waals surface area contributed by atoms with E-state index in [4.69, 9.17) is 5.73 Å². The van der Waals surface area contributed by atoms with Gasteiger partial charge in [0.25, 0.3) is 5.91 Å². The molecule has 2 aromatic rings. The van der Waals surface area contributed by atoms with Gasteiger partial charge in [-0.15, -0.1) is 11.3 Å². The van der Waals surface area contributed by atoms with Crippen molar-refractivity contribution in [1.82, 2.24) is 10.3 Å². The summed E-state index contributed by atoms with van der Waals surface area (Å²) in [5.74, 6) is -0.151. The van der Waals surface area contributed by atoms with Crippen LogP contribution >= 0.6 is 27.3 Å². The van der Waals surface area contributed by atoms with Crippen LogP contribution in [-0.4, -0.2) is 17.4 Å². The van der Waals surface area contributed by atoms with E-state index in [0.29, 0.717) is 25.2 Å². The average Bonchev–Trinajstić information content (AvgIpc) is 2.87. The van der Waals surface area contributed by atoms with Gasteiger partial charge in [0.15, 0.2) is 0 Å². The zero-order chi connectivity index (χ0) is 13.7. The van der Waals surface area contributed by atoms with E-state index in [-0.39, 0.29) is 5.91 Å². The van der Waals surface area contributed by atoms with E-state index in [1.54, 1.807) is 5.38 Å². The maximum Gasteiger partial charge on any atom is 0.271 e. The number of carbonyl (C=O) groups is 1. The molecule has 0 aliphatic carbocycles. The van der Waals surface area contributed by atoms with Crippen LogP contribution in [0.15, 0.2) is 34.1 Å². The van der Waals surface area contributed by atoms with Crippen LogP contribution in [0.25, 0.3) is 0 Å². The van der Waals surface area contributed by atoms with E-state index < -0.39 is 0 Å². The van der Waals surface area contributed by atoms with Crippen LogP contribution in [0.3, 0.4) is 0 Å². The maximum absolute atomic E-state index is 11.9. The molecule has 3 N–H and O–H groups in total. The molecule has 1 aromatic carbocycles. The van der Waals surface area contributed by atoms with Crippen molar-refractivity contribution in [2.24, 2.45) is 5.73 Å². The summed E-state index contributed by atoms with van der Waals surface area (Å²) in [5.41, 5.74) is 6.97. The van der Waals surface area contributed by atoms with Crippen LogP contribution in [0.1, 0.15) is 21.1 Å². The van der Waals surface area contributed by atoms with Crippen LogP contribution in [0.4, 0.5) is 0 Å². The number of nitrogens with zero attached hydrogens (tertiary/aromatic N) is 1. The SMILES string of the molecule is NCCc1nc(C(=O)NCc2ccc(Br)cc2)cs1. The third-order valence-corrected chi connectivity index (χ3v) is 3.95. The first-order chi connectivity index (χ1) is 9.19. The Bertz CT molecular complexity index is 553. The highest BCUT2D eigenvalue weighted by molar-refractivity contribution is 9.10. The Morgan fingerprint density at radius 1 is 1.37 bits per heavy atom. The normalized spacial score (nSPS) is 10.4. The Balaban J connectivity index is 1.91. The monoisotopic (exact) mass is 339 g/mol. The Morgan fingerprint density at radius 3 is 2.79 bits per heavy atom. The minimum atomic E-state index is -0.151. The molecule has 0 atom stereocenters. The molecule has 0 saturated carbocycles. The van der Waals surface area contributed by atoms with Gasteiger partial charge in [-0.05, 0) is 24.2 Å². The standard InChI is InChI=1S/C13H14BrN3OS/c14-10-3-1-9(2-4-10)7-16-13(18)11-8-19-12(17-11)5-6-15/h1-4,8H,5-7,15H2,(H,16,18). The van der Waals surface area contributed by atoms with E-state index in [0.717, 1.165) is 15.0 Å². The first-order valence-electron chi connectivity index (χ1n) is 5.86. The third kappa shape index (κ3) is 4.12. The summed E-state index contributed by atoms with van der Waals surface area (Å²) in [6, 6.07) is 7.82. The van der Waals surface area contributed by atoms with Crippen molar-refractivity contribution in [3.63, 3.8) is 0 Å². The highest BCUT2D eigenvalue weighted by Gasteiger charge is 2.09. The second kappa shape index (κ2) is 6.79. The summed E-state index contributed by atoms with van der Waals surface area (Å²) in [6.45, 7) is 1.04. The summed E-state index contributed by atoms with van der Waals surface area (Å²) in [6.07, 6.45) is 0.713. The summed E-state index contributed by atoms with van der Waals surface area (Å²) in [5, 5.41) is 5.51. The van der Waals surface area contributed by atoms with Crippen molar-refractivity contribution < 1.29 is 4.79 Å². The van der Waals surface area contributed by atoms with E-state index in [9.17, 15) is 4.79 Å². The minimum absolute atomic E-state index is 0.151. The predicted octanol–water partition coefficient (Wildman–Crippen LogP) is 2.34. The number of amides is 1. The molecule has 1 amide bonds. The van der Waals surface area contributed by atoms with Crippen LogP contribution < -0.4 is 11.1 Å². The number of aromatic nitrogens is 1. The van der Waals surface area contributed by atoms with E-state index in [1.165, 1.54) is 11.3 Å². The smallest absolute Gasteiger partial charge is 0.271 e. The number of thiazole rings is 1. The molecule has 1 heterocycles. The summed E-state index contributed by atoms with van der Waals surface area (Å²) >= 11 is 4.84. The molecule has 19 heavy (non-hydrogen) atoms. The summed E-state index contributed by atoms with van der Waals surface area (Å²) < 4.78 is 1.02. The lowest BCUT2D eigenvalue weighted by Gasteiger charge is -2.03. The largest absolute Gasteiger partial charge is 0.347 e. The number of nitrogens with two attached hydrogens (primary N) is 1. The van der Waals surface area contributed by atoms with E-state index in [1.807, 2.05) is 24.3 Å². The molecular formula is C13H14BrN3OS. The molecule has 6 heteroatoms. The van der Waals surface area contributed by atoms with Gasteiger partial charge in [-0.1, -0.05) is 28.1 Å². The number of carbonyl (C=O) groups excluding carboxylic acids is 1. The zero-order valence-electron chi connectivity index (χ0n) is 10.2. The Labute approximate surface area is 124 Å². The molecule has 100 valence electrons. The number of halogens is 1. The van der Waals surface area contributed by atoms with Gasteiger partial charge in [0.05, 0.1) is 5.01 Å². The second-order valence-electron chi connectivity index (χ2n) is 3.97. The van der Waals surface area contributed by atoms with Gasteiger partial charge in [-0.3, -0.25) is 4.79 Å². The fourth-order valence-corrected chi connectivity index (χ4v) is 2.59. The topological polar surface area (TPSA) is 68.0 Å². The van der Waals surface area contributed by atoms with Crippen LogP contribution in [0, 0.1) is 0 Å². The van der Waals surface area contributed by atoms with Gasteiger partial charge in [-0.2, -0.15) is 0 Å². The van der Waals surface area contributed by atoms with Gasteiger partial charge >= 0.3 is 0 Å². The van der Waals surface area contributed by atoms with E-state index >= 15 is 0 Å². The number of rotatable bonds is 5. The molecule has 2 rings (SSSR count).